The predicted molar refractivity (Wildman–Crippen MR) is 30.9 cm³/mol. The van der Waals surface area contributed by atoms with Gasteiger partial charge in [0.1, 0.15) is 0 Å². The number of nitrogens with one attached hydrogen (secondary N) is 1. The SMILES string of the molecule is C[S@](=O)c1ncc[nH]1. The first-order chi connectivity index (χ1) is 3.80. The van der Waals surface area contributed by atoms with Crippen molar-refractivity contribution in [3.05, 3.63) is 12.4 Å². The number of hydrogen-bond acceptors (Lipinski definition) is 2. The maximum absolute atomic E-state index is 10.5. The maximum Gasteiger partial charge on any atom is 0.196 e. The van der Waals surface area contributed by atoms with Crippen molar-refractivity contribution < 1.29 is 4.21 Å². The molecule has 0 spiro atoms. The highest BCUT2D eigenvalue weighted by molar-refractivity contribution is 7.84. The van der Waals surface area contributed by atoms with E-state index in [0.717, 1.165) is 0 Å². The van der Waals surface area contributed by atoms with Crippen molar-refractivity contribution >= 4 is 10.8 Å². The zero-order chi connectivity index (χ0) is 5.98. The summed E-state index contributed by atoms with van der Waals surface area (Å²) in [6, 6.07) is 0. The minimum Gasteiger partial charge on any atom is -0.338 e. The van der Waals surface area contributed by atoms with E-state index in [-0.39, 0.29) is 0 Å². The Kier molecular flexibility index (Phi) is 1.43. The molecule has 0 saturated carbocycles. The van der Waals surface area contributed by atoms with Crippen molar-refractivity contribution in [2.45, 2.75) is 5.16 Å². The number of aromatic nitrogens is 2. The number of H-pyrrole nitrogens is 1. The van der Waals surface area contributed by atoms with Crippen molar-refractivity contribution in [2.75, 3.05) is 6.26 Å². The number of imidazole rings is 1. The molecule has 1 aromatic heterocycles. The first-order valence-electron chi connectivity index (χ1n) is 2.13. The van der Waals surface area contributed by atoms with Gasteiger partial charge in [0.15, 0.2) is 5.16 Å². The van der Waals surface area contributed by atoms with Gasteiger partial charge in [0, 0.05) is 18.6 Å². The van der Waals surface area contributed by atoms with Crippen LogP contribution in [0.3, 0.4) is 0 Å². The molecule has 1 aromatic rings. The van der Waals surface area contributed by atoms with Crippen molar-refractivity contribution in [3.63, 3.8) is 0 Å². The van der Waals surface area contributed by atoms with Crippen LogP contribution in [0.1, 0.15) is 0 Å². The normalized spacial score (nSPS) is 13.6. The Balaban J connectivity index is 2.93. The van der Waals surface area contributed by atoms with Crippen LogP contribution >= 0.6 is 0 Å². The molecular formula is C4H6N2OS. The summed E-state index contributed by atoms with van der Waals surface area (Å²) >= 11 is 0. The Morgan fingerprint density at radius 2 is 2.62 bits per heavy atom. The van der Waals surface area contributed by atoms with E-state index in [1.54, 1.807) is 18.6 Å². The fraction of sp³-hybridized carbons (Fsp3) is 0.250. The molecule has 8 heavy (non-hydrogen) atoms. The Morgan fingerprint density at radius 3 is 2.88 bits per heavy atom. The van der Waals surface area contributed by atoms with Gasteiger partial charge in [-0.3, -0.25) is 4.21 Å². The molecule has 1 heterocycles. The molecule has 44 valence electrons. The van der Waals surface area contributed by atoms with E-state index in [9.17, 15) is 4.21 Å². The molecule has 0 amide bonds. The quantitative estimate of drug-likeness (QED) is 0.588. The average molecular weight is 130 g/mol. The summed E-state index contributed by atoms with van der Waals surface area (Å²) in [7, 11) is -0.965. The summed E-state index contributed by atoms with van der Waals surface area (Å²) in [4.78, 5) is 6.49. The third-order valence-corrected chi connectivity index (χ3v) is 1.51. The monoisotopic (exact) mass is 130 g/mol. The summed E-state index contributed by atoms with van der Waals surface area (Å²) in [5, 5.41) is 0.532. The van der Waals surface area contributed by atoms with Gasteiger partial charge in [-0.25, -0.2) is 4.98 Å². The zero-order valence-corrected chi connectivity index (χ0v) is 5.23. The van der Waals surface area contributed by atoms with Crippen LogP contribution in [0.25, 0.3) is 0 Å². The molecule has 3 nitrogen and oxygen atoms in total. The Morgan fingerprint density at radius 1 is 1.88 bits per heavy atom. The van der Waals surface area contributed by atoms with Gasteiger partial charge in [-0.2, -0.15) is 0 Å². The number of aromatic amines is 1. The van der Waals surface area contributed by atoms with Crippen molar-refractivity contribution in [2.24, 2.45) is 0 Å². The standard InChI is InChI=1S/C4H6N2OS/c1-8(7)4-5-2-3-6-4/h2-3H,1H3,(H,5,6)/t8-/m0/s1. The zero-order valence-electron chi connectivity index (χ0n) is 4.42. The lowest BCUT2D eigenvalue weighted by atomic mass is 11.0. The minimum atomic E-state index is -0.965. The van der Waals surface area contributed by atoms with Gasteiger partial charge >= 0.3 is 0 Å². The molecule has 0 aromatic carbocycles. The van der Waals surface area contributed by atoms with Crippen LogP contribution in [-0.2, 0) is 10.8 Å². The average Bonchev–Trinajstić information content (AvgIpc) is 2.12. The van der Waals surface area contributed by atoms with E-state index in [2.05, 4.69) is 9.97 Å². The maximum atomic E-state index is 10.5. The highest BCUT2D eigenvalue weighted by Gasteiger charge is 1.94. The molecule has 0 saturated heterocycles. The summed E-state index contributed by atoms with van der Waals surface area (Å²) in [5.74, 6) is 0. The van der Waals surface area contributed by atoms with E-state index in [1.165, 1.54) is 0 Å². The van der Waals surface area contributed by atoms with Gasteiger partial charge in [-0.1, -0.05) is 0 Å². The van der Waals surface area contributed by atoms with E-state index < -0.39 is 10.8 Å². The second-order valence-corrected chi connectivity index (χ2v) is 2.64. The van der Waals surface area contributed by atoms with E-state index in [1.807, 2.05) is 0 Å². The van der Waals surface area contributed by atoms with E-state index in [0.29, 0.717) is 5.16 Å². The van der Waals surface area contributed by atoms with Crippen molar-refractivity contribution in [3.8, 4) is 0 Å². The van der Waals surface area contributed by atoms with Crippen molar-refractivity contribution in [1.82, 2.24) is 9.97 Å². The summed E-state index contributed by atoms with van der Waals surface area (Å²) in [6.45, 7) is 0. The molecule has 0 bridgehead atoms. The van der Waals surface area contributed by atoms with Crippen molar-refractivity contribution in [1.29, 1.82) is 0 Å². The summed E-state index contributed by atoms with van der Waals surface area (Å²) < 4.78 is 10.5. The Labute approximate surface area is 49.6 Å². The van der Waals surface area contributed by atoms with E-state index in [4.69, 9.17) is 0 Å². The lowest BCUT2D eigenvalue weighted by Gasteiger charge is -1.81. The van der Waals surface area contributed by atoms with Crippen LogP contribution in [0.4, 0.5) is 0 Å². The fourth-order valence-corrected chi connectivity index (χ4v) is 0.851. The fourth-order valence-electron chi connectivity index (χ4n) is 0.408. The lowest BCUT2D eigenvalue weighted by molar-refractivity contribution is 0.681. The van der Waals surface area contributed by atoms with E-state index >= 15 is 0 Å². The largest absolute Gasteiger partial charge is 0.338 e. The minimum absolute atomic E-state index is 0.532. The lowest BCUT2D eigenvalue weighted by Crippen LogP contribution is -1.87. The Bertz CT molecular complexity index is 182. The smallest absolute Gasteiger partial charge is 0.196 e. The van der Waals surface area contributed by atoms with Gasteiger partial charge in [0.2, 0.25) is 0 Å². The molecule has 1 rings (SSSR count). The molecule has 1 N–H and O–H groups in total. The van der Waals surface area contributed by atoms with Gasteiger partial charge in [-0.15, -0.1) is 0 Å². The van der Waals surface area contributed by atoms with Gasteiger partial charge in [-0.05, 0) is 0 Å². The first kappa shape index (κ1) is 5.50. The van der Waals surface area contributed by atoms with Crippen LogP contribution in [0, 0.1) is 0 Å². The Hall–Kier alpha value is -0.640. The molecule has 1 atom stereocenters. The first-order valence-corrected chi connectivity index (χ1v) is 3.69. The van der Waals surface area contributed by atoms with Gasteiger partial charge < -0.3 is 4.98 Å². The predicted octanol–water partition coefficient (Wildman–Crippen LogP) is 0.147. The molecule has 0 radical (unpaired) electrons. The second-order valence-electron chi connectivity index (χ2n) is 1.35. The topological polar surface area (TPSA) is 45.8 Å². The number of hydrogen-bond donors (Lipinski definition) is 1. The molecule has 0 aliphatic rings. The highest BCUT2D eigenvalue weighted by Crippen LogP contribution is 1.91. The molecule has 0 aliphatic carbocycles. The molecule has 0 unspecified atom stereocenters. The highest BCUT2D eigenvalue weighted by atomic mass is 32.2. The molecule has 4 heteroatoms. The number of rotatable bonds is 1. The third kappa shape index (κ3) is 0.949. The number of nitrogens with zero attached hydrogens (tertiary/aromatic N) is 1. The van der Waals surface area contributed by atoms with Crippen LogP contribution in [-0.4, -0.2) is 20.4 Å². The van der Waals surface area contributed by atoms with Crippen LogP contribution in [0.2, 0.25) is 0 Å². The van der Waals surface area contributed by atoms with Crippen LogP contribution in [0.15, 0.2) is 17.6 Å². The molecule has 0 aliphatic heterocycles. The second kappa shape index (κ2) is 2.09. The summed E-state index contributed by atoms with van der Waals surface area (Å²) in [6.07, 6.45) is 4.81. The molecule has 0 fully saturated rings. The van der Waals surface area contributed by atoms with Gasteiger partial charge in [0.05, 0.1) is 10.8 Å². The summed E-state index contributed by atoms with van der Waals surface area (Å²) in [5.41, 5.74) is 0. The van der Waals surface area contributed by atoms with Crippen LogP contribution in [0.5, 0.6) is 0 Å². The third-order valence-electron chi connectivity index (χ3n) is 0.745. The van der Waals surface area contributed by atoms with Crippen LogP contribution < -0.4 is 0 Å². The van der Waals surface area contributed by atoms with Gasteiger partial charge in [0.25, 0.3) is 0 Å². The molecular weight excluding hydrogens is 124 g/mol.